The summed E-state index contributed by atoms with van der Waals surface area (Å²) >= 11 is 0. The SMILES string of the molecule is Cc1ccc(OCC(=O)OCC(=O)N2CC3(C)CC2CC(C)(C)C3)cc1C. The number of amides is 1. The largest absolute Gasteiger partial charge is 0.482 e. The highest BCUT2D eigenvalue weighted by atomic mass is 16.6. The molecule has 2 atom stereocenters. The van der Waals surface area contributed by atoms with Crippen molar-refractivity contribution in [3.05, 3.63) is 29.3 Å². The molecule has 2 fully saturated rings. The Morgan fingerprint density at radius 1 is 1.11 bits per heavy atom. The first-order valence-electron chi connectivity index (χ1n) is 9.72. The Labute approximate surface area is 162 Å². The lowest BCUT2D eigenvalue weighted by Crippen LogP contribution is -2.40. The summed E-state index contributed by atoms with van der Waals surface area (Å²) < 4.78 is 10.6. The van der Waals surface area contributed by atoms with Gasteiger partial charge in [-0.05, 0) is 67.2 Å². The van der Waals surface area contributed by atoms with Gasteiger partial charge >= 0.3 is 5.97 Å². The normalized spacial score (nSPS) is 26.0. The fourth-order valence-electron chi connectivity index (χ4n) is 4.96. The van der Waals surface area contributed by atoms with Gasteiger partial charge in [0.25, 0.3) is 5.91 Å². The summed E-state index contributed by atoms with van der Waals surface area (Å²) in [6, 6.07) is 5.93. The van der Waals surface area contributed by atoms with Gasteiger partial charge in [-0.25, -0.2) is 4.79 Å². The van der Waals surface area contributed by atoms with Crippen LogP contribution < -0.4 is 4.74 Å². The topological polar surface area (TPSA) is 55.8 Å². The van der Waals surface area contributed by atoms with E-state index in [0.717, 1.165) is 31.4 Å². The molecule has 1 saturated heterocycles. The number of hydrogen-bond donors (Lipinski definition) is 0. The minimum Gasteiger partial charge on any atom is -0.482 e. The van der Waals surface area contributed by atoms with Crippen molar-refractivity contribution < 1.29 is 19.1 Å². The smallest absolute Gasteiger partial charge is 0.344 e. The summed E-state index contributed by atoms with van der Waals surface area (Å²) in [5, 5.41) is 0. The number of likely N-dealkylation sites (tertiary alicyclic amines) is 1. The molecule has 1 heterocycles. The zero-order chi connectivity index (χ0) is 19.8. The minimum absolute atomic E-state index is 0.0963. The molecule has 0 aromatic heterocycles. The number of fused-ring (bicyclic) bond motifs is 2. The number of carbonyl (C=O) groups is 2. The van der Waals surface area contributed by atoms with Crippen LogP contribution in [0.5, 0.6) is 5.75 Å². The number of benzene rings is 1. The highest BCUT2D eigenvalue weighted by Crippen LogP contribution is 2.52. The van der Waals surface area contributed by atoms with Crippen molar-refractivity contribution in [2.75, 3.05) is 19.8 Å². The molecule has 1 aromatic rings. The van der Waals surface area contributed by atoms with Gasteiger partial charge in [0.05, 0.1) is 0 Å². The first kappa shape index (κ1) is 19.7. The molecular formula is C22H31NO4. The van der Waals surface area contributed by atoms with Crippen LogP contribution in [0.2, 0.25) is 0 Å². The van der Waals surface area contributed by atoms with Gasteiger partial charge in [0.2, 0.25) is 0 Å². The van der Waals surface area contributed by atoms with Crippen LogP contribution in [0.4, 0.5) is 0 Å². The average Bonchev–Trinajstić information content (AvgIpc) is 2.82. The van der Waals surface area contributed by atoms with Crippen LogP contribution in [0.15, 0.2) is 18.2 Å². The van der Waals surface area contributed by atoms with Crippen molar-refractivity contribution in [2.24, 2.45) is 10.8 Å². The lowest BCUT2D eigenvalue weighted by molar-refractivity contribution is -0.154. The van der Waals surface area contributed by atoms with Gasteiger partial charge in [0, 0.05) is 12.6 Å². The first-order chi connectivity index (χ1) is 12.6. The fraction of sp³-hybridized carbons (Fsp3) is 0.636. The van der Waals surface area contributed by atoms with Crippen LogP contribution in [-0.4, -0.2) is 42.6 Å². The highest BCUT2D eigenvalue weighted by Gasteiger charge is 2.50. The number of carbonyl (C=O) groups excluding carboxylic acids is 2. The molecule has 1 saturated carbocycles. The summed E-state index contributed by atoms with van der Waals surface area (Å²) in [6.07, 6.45) is 3.19. The van der Waals surface area contributed by atoms with E-state index >= 15 is 0 Å². The summed E-state index contributed by atoms with van der Waals surface area (Å²) in [4.78, 5) is 26.5. The molecule has 1 aliphatic heterocycles. The monoisotopic (exact) mass is 373 g/mol. The molecule has 3 rings (SSSR count). The number of nitrogens with zero attached hydrogens (tertiary/aromatic N) is 1. The second kappa shape index (κ2) is 7.17. The van der Waals surface area contributed by atoms with Crippen LogP contribution >= 0.6 is 0 Å². The van der Waals surface area contributed by atoms with Crippen molar-refractivity contribution in [2.45, 2.75) is 59.9 Å². The number of esters is 1. The van der Waals surface area contributed by atoms with Crippen LogP contribution in [-0.2, 0) is 14.3 Å². The lowest BCUT2D eigenvalue weighted by atomic mass is 9.65. The van der Waals surface area contributed by atoms with Gasteiger partial charge < -0.3 is 14.4 Å². The van der Waals surface area contributed by atoms with Crippen molar-refractivity contribution >= 4 is 11.9 Å². The molecule has 148 valence electrons. The third-order valence-corrected chi connectivity index (χ3v) is 5.93. The van der Waals surface area contributed by atoms with Gasteiger partial charge in [-0.1, -0.05) is 26.8 Å². The molecule has 27 heavy (non-hydrogen) atoms. The van der Waals surface area contributed by atoms with E-state index in [4.69, 9.17) is 9.47 Å². The zero-order valence-corrected chi connectivity index (χ0v) is 17.1. The molecule has 2 unspecified atom stereocenters. The van der Waals surface area contributed by atoms with Crippen molar-refractivity contribution in [3.63, 3.8) is 0 Å². The van der Waals surface area contributed by atoms with E-state index in [2.05, 4.69) is 20.8 Å². The molecular weight excluding hydrogens is 342 g/mol. The van der Waals surface area contributed by atoms with Crippen LogP contribution in [0.1, 0.15) is 51.2 Å². The van der Waals surface area contributed by atoms with Crippen LogP contribution in [0, 0.1) is 24.7 Å². The molecule has 2 bridgehead atoms. The minimum atomic E-state index is -0.518. The first-order valence-corrected chi connectivity index (χ1v) is 9.72. The van der Waals surface area contributed by atoms with Gasteiger partial charge in [0.15, 0.2) is 13.2 Å². The molecule has 0 spiro atoms. The Balaban J connectivity index is 1.48. The van der Waals surface area contributed by atoms with E-state index in [0.29, 0.717) is 5.75 Å². The molecule has 2 aliphatic rings. The molecule has 5 heteroatoms. The molecule has 1 aromatic carbocycles. The van der Waals surface area contributed by atoms with Gasteiger partial charge in [-0.2, -0.15) is 0 Å². The molecule has 0 N–H and O–H groups in total. The standard InChI is InChI=1S/C22H31NO4/c1-15-6-7-18(8-16(15)2)26-12-20(25)27-11-19(24)23-14-22(5)10-17(23)9-21(3,4)13-22/h6-8,17H,9-14H2,1-5H3. The quantitative estimate of drug-likeness (QED) is 0.739. The third-order valence-electron chi connectivity index (χ3n) is 5.93. The van der Waals surface area contributed by atoms with Gasteiger partial charge in [0.1, 0.15) is 5.75 Å². The maximum Gasteiger partial charge on any atom is 0.344 e. The van der Waals surface area contributed by atoms with E-state index in [-0.39, 0.29) is 36.0 Å². The van der Waals surface area contributed by atoms with Crippen LogP contribution in [0.3, 0.4) is 0 Å². The molecule has 0 radical (unpaired) electrons. The maximum atomic E-state index is 12.6. The summed E-state index contributed by atoms with van der Waals surface area (Å²) in [5.41, 5.74) is 2.71. The predicted molar refractivity (Wildman–Crippen MR) is 104 cm³/mol. The maximum absolute atomic E-state index is 12.6. The van der Waals surface area contributed by atoms with Gasteiger partial charge in [-0.15, -0.1) is 0 Å². The van der Waals surface area contributed by atoms with E-state index in [9.17, 15) is 9.59 Å². The number of hydrogen-bond acceptors (Lipinski definition) is 4. The molecule has 5 nitrogen and oxygen atoms in total. The van der Waals surface area contributed by atoms with Gasteiger partial charge in [-0.3, -0.25) is 4.79 Å². The molecule has 1 amide bonds. The van der Waals surface area contributed by atoms with E-state index in [1.54, 1.807) is 0 Å². The second-order valence-electron chi connectivity index (χ2n) is 9.43. The highest BCUT2D eigenvalue weighted by molar-refractivity contribution is 5.81. The Morgan fingerprint density at radius 2 is 1.85 bits per heavy atom. The number of aryl methyl sites for hydroxylation is 2. The Kier molecular flexibility index (Phi) is 5.24. The summed E-state index contributed by atoms with van der Waals surface area (Å²) in [7, 11) is 0. The summed E-state index contributed by atoms with van der Waals surface area (Å²) in [6.45, 7) is 11.2. The Morgan fingerprint density at radius 3 is 2.56 bits per heavy atom. The Hall–Kier alpha value is -2.04. The van der Waals surface area contributed by atoms with E-state index in [1.807, 2.05) is 36.9 Å². The number of rotatable bonds is 5. The third kappa shape index (κ3) is 4.63. The van der Waals surface area contributed by atoms with Crippen LogP contribution in [0.25, 0.3) is 0 Å². The predicted octanol–water partition coefficient (Wildman–Crippen LogP) is 3.65. The molecule has 1 aliphatic carbocycles. The lowest BCUT2D eigenvalue weighted by Gasteiger charge is -2.39. The summed E-state index contributed by atoms with van der Waals surface area (Å²) in [5.74, 6) is 0.0149. The fourth-order valence-corrected chi connectivity index (χ4v) is 4.96. The average molecular weight is 373 g/mol. The van der Waals surface area contributed by atoms with Crippen molar-refractivity contribution in [1.29, 1.82) is 0 Å². The van der Waals surface area contributed by atoms with Crippen molar-refractivity contribution in [1.82, 2.24) is 4.90 Å². The Bertz CT molecular complexity index is 742. The number of ether oxygens (including phenoxy) is 2. The van der Waals surface area contributed by atoms with E-state index in [1.165, 1.54) is 5.56 Å². The van der Waals surface area contributed by atoms with E-state index < -0.39 is 5.97 Å². The second-order valence-corrected chi connectivity index (χ2v) is 9.43. The van der Waals surface area contributed by atoms with Crippen molar-refractivity contribution in [3.8, 4) is 5.75 Å². The zero-order valence-electron chi connectivity index (χ0n) is 17.1.